The molecule has 0 saturated carbocycles. The van der Waals surface area contributed by atoms with Crippen LogP contribution in [-0.2, 0) is 5.41 Å². The number of pyridine rings is 1. The molecule has 0 aliphatic rings. The monoisotopic (exact) mass is 305 g/mol. The molecule has 3 rings (SSSR count). The SMILES string of the molecule is CC(C)(C)c1ccc(C(=O)c2nccn2-c2ccccn2)cc1. The van der Waals surface area contributed by atoms with Crippen LogP contribution in [0.15, 0.2) is 61.1 Å². The van der Waals surface area contributed by atoms with Gasteiger partial charge in [-0.25, -0.2) is 9.97 Å². The van der Waals surface area contributed by atoms with Crippen molar-refractivity contribution in [1.82, 2.24) is 14.5 Å². The lowest BCUT2D eigenvalue weighted by molar-refractivity contribution is 0.102. The molecule has 0 fully saturated rings. The van der Waals surface area contributed by atoms with Gasteiger partial charge in [-0.3, -0.25) is 9.36 Å². The zero-order valence-electron chi connectivity index (χ0n) is 13.5. The molecule has 2 aromatic heterocycles. The van der Waals surface area contributed by atoms with Crippen molar-refractivity contribution in [2.45, 2.75) is 26.2 Å². The number of carbonyl (C=O) groups is 1. The van der Waals surface area contributed by atoms with Gasteiger partial charge in [0.25, 0.3) is 0 Å². The molecule has 4 nitrogen and oxygen atoms in total. The van der Waals surface area contributed by atoms with Gasteiger partial charge in [-0.1, -0.05) is 51.1 Å². The third-order valence-corrected chi connectivity index (χ3v) is 3.75. The Hall–Kier alpha value is -2.75. The lowest BCUT2D eigenvalue weighted by atomic mass is 9.86. The summed E-state index contributed by atoms with van der Waals surface area (Å²) in [6, 6.07) is 13.3. The van der Waals surface area contributed by atoms with Crippen LogP contribution in [0.2, 0.25) is 0 Å². The number of rotatable bonds is 3. The van der Waals surface area contributed by atoms with E-state index in [-0.39, 0.29) is 11.2 Å². The van der Waals surface area contributed by atoms with E-state index < -0.39 is 0 Å². The van der Waals surface area contributed by atoms with Crippen molar-refractivity contribution in [2.75, 3.05) is 0 Å². The molecule has 4 heteroatoms. The minimum absolute atomic E-state index is 0.0635. The molecule has 0 aliphatic carbocycles. The smallest absolute Gasteiger partial charge is 0.228 e. The molecule has 23 heavy (non-hydrogen) atoms. The van der Waals surface area contributed by atoms with Crippen molar-refractivity contribution in [3.63, 3.8) is 0 Å². The maximum atomic E-state index is 12.8. The van der Waals surface area contributed by atoms with E-state index in [0.717, 1.165) is 0 Å². The topological polar surface area (TPSA) is 47.8 Å². The highest BCUT2D eigenvalue weighted by Crippen LogP contribution is 2.23. The fourth-order valence-corrected chi connectivity index (χ4v) is 2.40. The summed E-state index contributed by atoms with van der Waals surface area (Å²) in [6.07, 6.45) is 5.06. The number of hydrogen-bond acceptors (Lipinski definition) is 3. The van der Waals surface area contributed by atoms with Crippen LogP contribution < -0.4 is 0 Å². The number of carbonyl (C=O) groups excluding carboxylic acids is 1. The van der Waals surface area contributed by atoms with E-state index in [1.54, 1.807) is 23.2 Å². The Balaban J connectivity index is 1.95. The molecule has 0 amide bonds. The van der Waals surface area contributed by atoms with Gasteiger partial charge in [0.15, 0.2) is 5.82 Å². The molecule has 0 bridgehead atoms. The number of hydrogen-bond donors (Lipinski definition) is 0. The van der Waals surface area contributed by atoms with Gasteiger partial charge in [-0.15, -0.1) is 0 Å². The second-order valence-electron chi connectivity index (χ2n) is 6.47. The number of benzene rings is 1. The first kappa shape index (κ1) is 15.2. The molecule has 0 atom stereocenters. The first-order valence-electron chi connectivity index (χ1n) is 7.57. The van der Waals surface area contributed by atoms with E-state index in [4.69, 9.17) is 0 Å². The summed E-state index contributed by atoms with van der Waals surface area (Å²) in [7, 11) is 0. The second kappa shape index (κ2) is 5.80. The molecule has 3 aromatic rings. The summed E-state index contributed by atoms with van der Waals surface area (Å²) in [6.45, 7) is 6.45. The van der Waals surface area contributed by atoms with E-state index in [1.165, 1.54) is 5.56 Å². The Labute approximate surface area is 135 Å². The van der Waals surface area contributed by atoms with Gasteiger partial charge >= 0.3 is 0 Å². The molecule has 0 spiro atoms. The molecule has 0 N–H and O–H groups in total. The molecule has 1 aromatic carbocycles. The van der Waals surface area contributed by atoms with Crippen LogP contribution in [0.5, 0.6) is 0 Å². The largest absolute Gasteiger partial charge is 0.285 e. The Morgan fingerprint density at radius 3 is 2.30 bits per heavy atom. The van der Waals surface area contributed by atoms with E-state index in [9.17, 15) is 4.79 Å². The third kappa shape index (κ3) is 3.06. The van der Waals surface area contributed by atoms with Gasteiger partial charge < -0.3 is 0 Å². The maximum Gasteiger partial charge on any atom is 0.228 e. The summed E-state index contributed by atoms with van der Waals surface area (Å²) >= 11 is 0. The van der Waals surface area contributed by atoms with Crippen LogP contribution >= 0.6 is 0 Å². The van der Waals surface area contributed by atoms with Gasteiger partial charge in [0, 0.05) is 24.2 Å². The average Bonchev–Trinajstić information content (AvgIpc) is 3.04. The molecular weight excluding hydrogens is 286 g/mol. The molecule has 2 heterocycles. The molecule has 0 unspecified atom stereocenters. The predicted octanol–water partition coefficient (Wildman–Crippen LogP) is 3.80. The highest BCUT2D eigenvalue weighted by molar-refractivity contribution is 6.07. The fraction of sp³-hybridized carbons (Fsp3) is 0.211. The molecule has 0 saturated heterocycles. The number of aromatic nitrogens is 3. The van der Waals surface area contributed by atoms with Gasteiger partial charge in [0.1, 0.15) is 5.82 Å². The Morgan fingerprint density at radius 2 is 1.70 bits per heavy atom. The summed E-state index contributed by atoms with van der Waals surface area (Å²) < 4.78 is 1.71. The van der Waals surface area contributed by atoms with Gasteiger partial charge in [0.2, 0.25) is 5.78 Å². The van der Waals surface area contributed by atoms with E-state index in [1.807, 2.05) is 42.5 Å². The van der Waals surface area contributed by atoms with Gasteiger partial charge in [-0.05, 0) is 23.1 Å². The standard InChI is InChI=1S/C19H19N3O/c1-19(2,3)15-9-7-14(8-10-15)17(23)18-21-12-13-22(18)16-6-4-5-11-20-16/h4-13H,1-3H3. The average molecular weight is 305 g/mol. The minimum atomic E-state index is -0.110. The summed E-state index contributed by atoms with van der Waals surface area (Å²) in [4.78, 5) is 21.2. The van der Waals surface area contributed by atoms with E-state index in [0.29, 0.717) is 17.2 Å². The van der Waals surface area contributed by atoms with Crippen molar-refractivity contribution < 1.29 is 4.79 Å². The maximum absolute atomic E-state index is 12.8. The molecule has 116 valence electrons. The number of imidazole rings is 1. The molecule has 0 radical (unpaired) electrons. The lowest BCUT2D eigenvalue weighted by Gasteiger charge is -2.19. The first-order valence-corrected chi connectivity index (χ1v) is 7.57. The predicted molar refractivity (Wildman–Crippen MR) is 89.9 cm³/mol. The van der Waals surface area contributed by atoms with Crippen molar-refractivity contribution >= 4 is 5.78 Å². The Kier molecular flexibility index (Phi) is 3.82. The third-order valence-electron chi connectivity index (χ3n) is 3.75. The first-order chi connectivity index (χ1) is 11.0. The normalized spacial score (nSPS) is 11.4. The highest BCUT2D eigenvalue weighted by Gasteiger charge is 2.18. The Bertz CT molecular complexity index is 812. The fourth-order valence-electron chi connectivity index (χ4n) is 2.40. The highest BCUT2D eigenvalue weighted by atomic mass is 16.1. The van der Waals surface area contributed by atoms with Crippen molar-refractivity contribution in [2.24, 2.45) is 0 Å². The molecular formula is C19H19N3O. The van der Waals surface area contributed by atoms with Crippen LogP contribution in [-0.4, -0.2) is 20.3 Å². The summed E-state index contributed by atoms with van der Waals surface area (Å²) in [5, 5.41) is 0. The second-order valence-corrected chi connectivity index (χ2v) is 6.47. The minimum Gasteiger partial charge on any atom is -0.285 e. The van der Waals surface area contributed by atoms with Gasteiger partial charge in [-0.2, -0.15) is 0 Å². The van der Waals surface area contributed by atoms with Crippen LogP contribution in [0, 0.1) is 0 Å². The van der Waals surface area contributed by atoms with Crippen molar-refractivity contribution in [1.29, 1.82) is 0 Å². The zero-order chi connectivity index (χ0) is 16.4. The quantitative estimate of drug-likeness (QED) is 0.692. The van der Waals surface area contributed by atoms with Crippen LogP contribution in [0.4, 0.5) is 0 Å². The zero-order valence-corrected chi connectivity index (χ0v) is 13.5. The van der Waals surface area contributed by atoms with Crippen LogP contribution in [0.1, 0.15) is 42.5 Å². The van der Waals surface area contributed by atoms with Crippen LogP contribution in [0.3, 0.4) is 0 Å². The van der Waals surface area contributed by atoms with Crippen LogP contribution in [0.25, 0.3) is 5.82 Å². The summed E-state index contributed by atoms with van der Waals surface area (Å²) in [5.41, 5.74) is 1.89. The van der Waals surface area contributed by atoms with Crippen molar-refractivity contribution in [3.05, 3.63) is 78.0 Å². The summed E-state index contributed by atoms with van der Waals surface area (Å²) in [5.74, 6) is 0.938. The Morgan fingerprint density at radius 1 is 0.957 bits per heavy atom. The number of nitrogens with zero attached hydrogens (tertiary/aromatic N) is 3. The van der Waals surface area contributed by atoms with E-state index in [2.05, 4.69) is 30.7 Å². The van der Waals surface area contributed by atoms with Gasteiger partial charge in [0.05, 0.1) is 0 Å². The number of ketones is 1. The lowest BCUT2D eigenvalue weighted by Crippen LogP contribution is -2.13. The van der Waals surface area contributed by atoms with Crippen molar-refractivity contribution in [3.8, 4) is 5.82 Å². The van der Waals surface area contributed by atoms with E-state index >= 15 is 0 Å². The molecule has 0 aliphatic heterocycles.